The smallest absolute Gasteiger partial charge is 0.154 e. The van der Waals surface area contributed by atoms with E-state index in [1.54, 1.807) is 6.20 Å². The molecule has 0 saturated carbocycles. The van der Waals surface area contributed by atoms with E-state index in [1.165, 1.54) is 0 Å². The second-order valence-electron chi connectivity index (χ2n) is 1.77. The number of hydrogen-bond donors (Lipinski definition) is 0. The molecule has 1 aromatic heterocycles. The Morgan fingerprint density at radius 1 is 1.67 bits per heavy atom. The predicted molar refractivity (Wildman–Crippen MR) is 37.1 cm³/mol. The van der Waals surface area contributed by atoms with Gasteiger partial charge in [0.25, 0.3) is 0 Å². The van der Waals surface area contributed by atoms with E-state index in [4.69, 9.17) is 6.72 Å². The average molecular weight is 119 g/mol. The van der Waals surface area contributed by atoms with Gasteiger partial charge >= 0.3 is 0 Å². The molecule has 0 saturated heterocycles. The van der Waals surface area contributed by atoms with Crippen molar-refractivity contribution in [3.8, 4) is 0 Å². The highest BCUT2D eigenvalue weighted by molar-refractivity contribution is 5.44. The van der Waals surface area contributed by atoms with Gasteiger partial charge in [-0.05, 0) is 18.6 Å². The highest BCUT2D eigenvalue weighted by Gasteiger charge is 1.90. The Hall–Kier alpha value is -1.18. The van der Waals surface area contributed by atoms with Crippen LogP contribution in [0.5, 0.6) is 0 Å². The van der Waals surface area contributed by atoms with Crippen molar-refractivity contribution in [2.75, 3.05) is 0 Å². The fraction of sp³-hybridized carbons (Fsp3) is 0.143. The summed E-state index contributed by atoms with van der Waals surface area (Å²) in [5, 5.41) is 0. The minimum absolute atomic E-state index is 0.609. The zero-order valence-electron chi connectivity index (χ0n) is 5.20. The second-order valence-corrected chi connectivity index (χ2v) is 1.77. The standard InChI is InChI=1S/C7H7N2/c1-6-4-3-5-9-7(6)8-2/h2-5H,1H3. The lowest BCUT2D eigenvalue weighted by molar-refractivity contribution is 1.23. The van der Waals surface area contributed by atoms with Crippen LogP contribution in [0.2, 0.25) is 0 Å². The topological polar surface area (TPSA) is 25.2 Å². The van der Waals surface area contributed by atoms with E-state index in [0.717, 1.165) is 5.56 Å². The molecule has 0 aliphatic carbocycles. The summed E-state index contributed by atoms with van der Waals surface area (Å²) in [6, 6.07) is 3.77. The summed E-state index contributed by atoms with van der Waals surface area (Å²) in [5.74, 6) is 0.609. The molecule has 0 unspecified atom stereocenters. The van der Waals surface area contributed by atoms with E-state index in [2.05, 4.69) is 9.98 Å². The third-order valence-electron chi connectivity index (χ3n) is 1.10. The molecular weight excluding hydrogens is 112 g/mol. The highest BCUT2D eigenvalue weighted by Crippen LogP contribution is 2.10. The summed E-state index contributed by atoms with van der Waals surface area (Å²) < 4.78 is 0. The Labute approximate surface area is 54.3 Å². The molecule has 1 aromatic rings. The van der Waals surface area contributed by atoms with Gasteiger partial charge < -0.3 is 0 Å². The molecule has 9 heavy (non-hydrogen) atoms. The molecule has 45 valence electrons. The predicted octanol–water partition coefficient (Wildman–Crippen LogP) is 1.60. The average Bonchev–Trinajstić information content (AvgIpc) is 1.89. The Morgan fingerprint density at radius 3 is 2.89 bits per heavy atom. The lowest BCUT2D eigenvalue weighted by Crippen LogP contribution is -1.75. The number of aliphatic imine (C=N–C) groups is 1. The van der Waals surface area contributed by atoms with Crippen molar-refractivity contribution < 1.29 is 0 Å². The van der Waals surface area contributed by atoms with Crippen LogP contribution in [0.1, 0.15) is 5.56 Å². The zero-order chi connectivity index (χ0) is 6.69. The Morgan fingerprint density at radius 2 is 2.44 bits per heavy atom. The summed E-state index contributed by atoms with van der Waals surface area (Å²) in [5.41, 5.74) is 1.00. The first-order valence-electron chi connectivity index (χ1n) is 2.67. The van der Waals surface area contributed by atoms with Gasteiger partial charge in [-0.25, -0.2) is 9.98 Å². The monoisotopic (exact) mass is 119 g/mol. The molecule has 0 aliphatic heterocycles. The van der Waals surface area contributed by atoms with Gasteiger partial charge in [0.2, 0.25) is 0 Å². The SMILES string of the molecule is [CH]=Nc1ncccc1C. The maximum atomic E-state index is 5.01. The van der Waals surface area contributed by atoms with Gasteiger partial charge in [0.05, 0.1) is 0 Å². The van der Waals surface area contributed by atoms with Crippen LogP contribution >= 0.6 is 0 Å². The molecule has 0 spiro atoms. The van der Waals surface area contributed by atoms with Crippen LogP contribution in [-0.2, 0) is 0 Å². The van der Waals surface area contributed by atoms with E-state index >= 15 is 0 Å². The fourth-order valence-electron chi connectivity index (χ4n) is 0.613. The maximum Gasteiger partial charge on any atom is 0.154 e. The molecule has 0 aliphatic rings. The number of rotatable bonds is 1. The molecule has 0 bridgehead atoms. The van der Waals surface area contributed by atoms with E-state index in [9.17, 15) is 0 Å². The van der Waals surface area contributed by atoms with Gasteiger partial charge in [-0.1, -0.05) is 6.07 Å². The van der Waals surface area contributed by atoms with Crippen LogP contribution in [0.15, 0.2) is 23.3 Å². The molecule has 0 atom stereocenters. The lowest BCUT2D eigenvalue weighted by atomic mass is 10.3. The summed E-state index contributed by atoms with van der Waals surface area (Å²) in [4.78, 5) is 7.36. The quantitative estimate of drug-likeness (QED) is 0.515. The van der Waals surface area contributed by atoms with Gasteiger partial charge in [-0.15, -0.1) is 0 Å². The summed E-state index contributed by atoms with van der Waals surface area (Å²) in [7, 11) is 0. The minimum Gasteiger partial charge on any atom is -0.237 e. The van der Waals surface area contributed by atoms with Crippen LogP contribution in [0.3, 0.4) is 0 Å². The largest absolute Gasteiger partial charge is 0.237 e. The number of nitrogens with zero attached hydrogens (tertiary/aromatic N) is 2. The van der Waals surface area contributed by atoms with Gasteiger partial charge in [-0.2, -0.15) is 0 Å². The third-order valence-corrected chi connectivity index (χ3v) is 1.10. The first-order valence-corrected chi connectivity index (χ1v) is 2.67. The van der Waals surface area contributed by atoms with E-state index < -0.39 is 0 Å². The van der Waals surface area contributed by atoms with Crippen LogP contribution in [0.4, 0.5) is 5.82 Å². The number of aromatic nitrogens is 1. The van der Waals surface area contributed by atoms with Gasteiger partial charge in [0, 0.05) is 12.9 Å². The molecule has 0 N–H and O–H groups in total. The molecule has 0 aromatic carbocycles. The summed E-state index contributed by atoms with van der Waals surface area (Å²) in [6.07, 6.45) is 1.67. The molecule has 1 rings (SSSR count). The van der Waals surface area contributed by atoms with Gasteiger partial charge in [-0.3, -0.25) is 0 Å². The molecule has 1 radical (unpaired) electrons. The molecule has 1 heterocycles. The van der Waals surface area contributed by atoms with Crippen molar-refractivity contribution >= 4 is 12.5 Å². The van der Waals surface area contributed by atoms with Crippen molar-refractivity contribution in [1.29, 1.82) is 0 Å². The van der Waals surface area contributed by atoms with Gasteiger partial charge in [0.15, 0.2) is 5.82 Å². The highest BCUT2D eigenvalue weighted by atomic mass is 14.9. The Kier molecular flexibility index (Phi) is 1.58. The Bertz CT molecular complexity index is 218. The van der Waals surface area contributed by atoms with Crippen LogP contribution in [0.25, 0.3) is 0 Å². The fourth-order valence-corrected chi connectivity index (χ4v) is 0.613. The summed E-state index contributed by atoms with van der Waals surface area (Å²) >= 11 is 0. The van der Waals surface area contributed by atoms with Crippen molar-refractivity contribution in [2.45, 2.75) is 6.92 Å². The van der Waals surface area contributed by atoms with Crippen LogP contribution in [-0.4, -0.2) is 11.7 Å². The van der Waals surface area contributed by atoms with Crippen molar-refractivity contribution in [1.82, 2.24) is 4.98 Å². The minimum atomic E-state index is 0.609. The normalized spacial score (nSPS) is 9.00. The second kappa shape index (κ2) is 2.40. The molecule has 2 nitrogen and oxygen atoms in total. The number of hydrogen-bond acceptors (Lipinski definition) is 2. The molecule has 0 amide bonds. The first kappa shape index (κ1) is 5.95. The third kappa shape index (κ3) is 1.13. The maximum absolute atomic E-state index is 5.01. The lowest BCUT2D eigenvalue weighted by Gasteiger charge is -1.92. The molecule has 2 heteroatoms. The van der Waals surface area contributed by atoms with E-state index in [-0.39, 0.29) is 0 Å². The summed E-state index contributed by atoms with van der Waals surface area (Å²) in [6.45, 7) is 6.93. The first-order chi connectivity index (χ1) is 4.34. The van der Waals surface area contributed by atoms with Crippen LogP contribution in [0, 0.1) is 6.92 Å². The van der Waals surface area contributed by atoms with Crippen LogP contribution < -0.4 is 0 Å². The number of pyridine rings is 1. The van der Waals surface area contributed by atoms with Crippen molar-refractivity contribution in [2.24, 2.45) is 4.99 Å². The van der Waals surface area contributed by atoms with E-state index in [1.807, 2.05) is 19.1 Å². The molecule has 0 fully saturated rings. The van der Waals surface area contributed by atoms with Crippen molar-refractivity contribution in [3.05, 3.63) is 23.9 Å². The van der Waals surface area contributed by atoms with E-state index in [0.29, 0.717) is 5.82 Å². The van der Waals surface area contributed by atoms with Crippen molar-refractivity contribution in [3.63, 3.8) is 0 Å². The number of aryl methyl sites for hydroxylation is 1. The zero-order valence-corrected chi connectivity index (χ0v) is 5.20. The van der Waals surface area contributed by atoms with Gasteiger partial charge in [0.1, 0.15) is 0 Å². The Balaban J connectivity index is 3.15. The molecular formula is C7H7N2.